The van der Waals surface area contributed by atoms with Gasteiger partial charge in [-0.3, -0.25) is 0 Å². The molecule has 0 saturated carbocycles. The summed E-state index contributed by atoms with van der Waals surface area (Å²) < 4.78 is 2.33. The van der Waals surface area contributed by atoms with Gasteiger partial charge in [-0.05, 0) is 59.1 Å². The Morgan fingerprint density at radius 1 is 1.11 bits per heavy atom. The molecule has 0 aliphatic carbocycles. The lowest BCUT2D eigenvalue weighted by Gasteiger charge is -2.13. The highest BCUT2D eigenvalue weighted by Crippen LogP contribution is 2.22. The monoisotopic (exact) mass is 387 g/mol. The van der Waals surface area contributed by atoms with Crippen molar-refractivity contribution < 1.29 is 0 Å². The Balaban J connectivity index is 1.81. The molecule has 0 spiro atoms. The highest BCUT2D eigenvalue weighted by molar-refractivity contribution is 9.11. The third kappa shape index (κ3) is 4.19. The summed E-state index contributed by atoms with van der Waals surface area (Å²) in [5, 5.41) is 3.55. The van der Waals surface area contributed by atoms with Crippen LogP contribution < -0.4 is 5.32 Å². The molecule has 96 valence electrons. The number of rotatable bonds is 5. The van der Waals surface area contributed by atoms with E-state index >= 15 is 0 Å². The first kappa shape index (κ1) is 14.3. The average molecular weight is 389 g/mol. The second-order valence-electron chi connectivity index (χ2n) is 4.18. The molecule has 1 heterocycles. The summed E-state index contributed by atoms with van der Waals surface area (Å²) in [6.45, 7) is 3.21. The van der Waals surface area contributed by atoms with Crippen molar-refractivity contribution in [2.75, 3.05) is 6.54 Å². The molecule has 0 aliphatic rings. The third-order valence-electron chi connectivity index (χ3n) is 2.82. The summed E-state index contributed by atoms with van der Waals surface area (Å²) in [4.78, 5) is 1.41. The minimum atomic E-state index is 0.390. The molecule has 18 heavy (non-hydrogen) atoms. The van der Waals surface area contributed by atoms with E-state index in [9.17, 15) is 0 Å². The molecule has 1 unspecified atom stereocenters. The van der Waals surface area contributed by atoms with Gasteiger partial charge in [0.1, 0.15) is 0 Å². The van der Waals surface area contributed by atoms with Gasteiger partial charge in [-0.1, -0.05) is 28.1 Å². The van der Waals surface area contributed by atoms with Crippen LogP contribution in [0.15, 0.2) is 44.7 Å². The van der Waals surface area contributed by atoms with Gasteiger partial charge in [0.15, 0.2) is 0 Å². The molecule has 1 aromatic carbocycles. The van der Waals surface area contributed by atoms with Gasteiger partial charge < -0.3 is 5.32 Å². The fourth-order valence-corrected chi connectivity index (χ4v) is 3.51. The lowest BCUT2D eigenvalue weighted by atomic mass is 10.1. The van der Waals surface area contributed by atoms with Crippen molar-refractivity contribution in [3.05, 3.63) is 55.1 Å². The summed E-state index contributed by atoms with van der Waals surface area (Å²) in [6.07, 6.45) is 1.08. The quantitative estimate of drug-likeness (QED) is 0.745. The molecule has 0 fully saturated rings. The van der Waals surface area contributed by atoms with Gasteiger partial charge in [-0.2, -0.15) is 0 Å². The first-order chi connectivity index (χ1) is 8.65. The molecule has 0 aliphatic heterocycles. The molecule has 1 aromatic heterocycles. The second-order valence-corrected chi connectivity index (χ2v) is 7.65. The summed E-state index contributed by atoms with van der Waals surface area (Å²) in [5.74, 6) is 0. The van der Waals surface area contributed by atoms with Gasteiger partial charge in [-0.25, -0.2) is 0 Å². The van der Waals surface area contributed by atoms with Crippen molar-refractivity contribution in [3.63, 3.8) is 0 Å². The fourth-order valence-electron chi connectivity index (χ4n) is 1.77. The van der Waals surface area contributed by atoms with Crippen molar-refractivity contribution in [3.8, 4) is 0 Å². The molecule has 1 N–H and O–H groups in total. The van der Waals surface area contributed by atoms with E-state index in [0.717, 1.165) is 17.4 Å². The van der Waals surface area contributed by atoms with Crippen molar-refractivity contribution in [2.24, 2.45) is 0 Å². The van der Waals surface area contributed by atoms with E-state index in [1.807, 2.05) is 11.3 Å². The van der Waals surface area contributed by atoms with Crippen molar-refractivity contribution in [1.82, 2.24) is 5.32 Å². The van der Waals surface area contributed by atoms with Crippen LogP contribution in [0.5, 0.6) is 0 Å². The first-order valence-corrected chi connectivity index (χ1v) is 8.28. The highest BCUT2D eigenvalue weighted by atomic mass is 79.9. The molecule has 1 atom stereocenters. The standard InChI is InChI=1S/C14H15Br2NS/c1-10(11-2-4-12(15)5-3-11)17-9-8-13-6-7-14(16)18-13/h2-7,10,17H,8-9H2,1H3. The topological polar surface area (TPSA) is 12.0 Å². The smallest absolute Gasteiger partial charge is 0.0701 e. The van der Waals surface area contributed by atoms with Crippen molar-refractivity contribution in [2.45, 2.75) is 19.4 Å². The number of hydrogen-bond acceptors (Lipinski definition) is 2. The van der Waals surface area contributed by atoms with Crippen LogP contribution in [0.2, 0.25) is 0 Å². The van der Waals surface area contributed by atoms with E-state index in [0.29, 0.717) is 6.04 Å². The Hall–Kier alpha value is -0.160. The minimum Gasteiger partial charge on any atom is -0.310 e. The van der Waals surface area contributed by atoms with E-state index in [2.05, 4.69) is 80.5 Å². The Morgan fingerprint density at radius 3 is 2.44 bits per heavy atom. The van der Waals surface area contributed by atoms with Gasteiger partial charge in [0.05, 0.1) is 3.79 Å². The van der Waals surface area contributed by atoms with Gasteiger partial charge in [0, 0.05) is 21.9 Å². The van der Waals surface area contributed by atoms with Crippen LogP contribution in [0.4, 0.5) is 0 Å². The zero-order valence-corrected chi connectivity index (χ0v) is 14.1. The van der Waals surface area contributed by atoms with Gasteiger partial charge in [0.25, 0.3) is 0 Å². The van der Waals surface area contributed by atoms with Crippen LogP contribution >= 0.6 is 43.2 Å². The van der Waals surface area contributed by atoms with Crippen LogP contribution in [0.1, 0.15) is 23.4 Å². The Labute approximate surface area is 129 Å². The molecule has 0 saturated heterocycles. The lowest BCUT2D eigenvalue weighted by molar-refractivity contribution is 0.578. The summed E-state index contributed by atoms with van der Waals surface area (Å²) in [5.41, 5.74) is 1.32. The highest BCUT2D eigenvalue weighted by Gasteiger charge is 2.04. The van der Waals surface area contributed by atoms with Crippen LogP contribution in [-0.4, -0.2) is 6.54 Å². The number of halogens is 2. The van der Waals surface area contributed by atoms with Crippen molar-refractivity contribution >= 4 is 43.2 Å². The van der Waals surface area contributed by atoms with E-state index in [4.69, 9.17) is 0 Å². The van der Waals surface area contributed by atoms with Crippen LogP contribution in [0.3, 0.4) is 0 Å². The molecule has 1 nitrogen and oxygen atoms in total. The lowest BCUT2D eigenvalue weighted by Crippen LogP contribution is -2.21. The minimum absolute atomic E-state index is 0.390. The van der Waals surface area contributed by atoms with Crippen LogP contribution in [0, 0.1) is 0 Å². The second kappa shape index (κ2) is 6.85. The van der Waals surface area contributed by atoms with Crippen LogP contribution in [0.25, 0.3) is 0 Å². The number of thiophene rings is 1. The molecule has 0 bridgehead atoms. The SMILES string of the molecule is CC(NCCc1ccc(Br)s1)c1ccc(Br)cc1. The molecular weight excluding hydrogens is 374 g/mol. The van der Waals surface area contributed by atoms with E-state index in [1.165, 1.54) is 14.2 Å². The summed E-state index contributed by atoms with van der Waals surface area (Å²) in [7, 11) is 0. The molecule has 0 radical (unpaired) electrons. The van der Waals surface area contributed by atoms with Gasteiger partial charge in [-0.15, -0.1) is 11.3 Å². The molecule has 4 heteroatoms. The maximum atomic E-state index is 3.55. The number of nitrogens with one attached hydrogen (secondary N) is 1. The van der Waals surface area contributed by atoms with Gasteiger partial charge in [0.2, 0.25) is 0 Å². The number of hydrogen-bond donors (Lipinski definition) is 1. The summed E-state index contributed by atoms with van der Waals surface area (Å²) >= 11 is 8.75. The normalized spacial score (nSPS) is 12.6. The Kier molecular flexibility index (Phi) is 5.42. The Bertz CT molecular complexity index is 493. The zero-order valence-electron chi connectivity index (χ0n) is 10.1. The molecule has 0 amide bonds. The maximum absolute atomic E-state index is 3.55. The maximum Gasteiger partial charge on any atom is 0.0701 e. The van der Waals surface area contributed by atoms with Gasteiger partial charge >= 0.3 is 0 Å². The first-order valence-electron chi connectivity index (χ1n) is 5.88. The average Bonchev–Trinajstić information content (AvgIpc) is 2.76. The van der Waals surface area contributed by atoms with Crippen molar-refractivity contribution in [1.29, 1.82) is 0 Å². The third-order valence-corrected chi connectivity index (χ3v) is 5.03. The summed E-state index contributed by atoms with van der Waals surface area (Å²) in [6, 6.07) is 13.2. The van der Waals surface area contributed by atoms with E-state index < -0.39 is 0 Å². The molecular formula is C14H15Br2NS. The predicted molar refractivity (Wildman–Crippen MR) is 86.3 cm³/mol. The molecule has 2 aromatic rings. The largest absolute Gasteiger partial charge is 0.310 e. The van der Waals surface area contributed by atoms with E-state index in [1.54, 1.807) is 0 Å². The fraction of sp³-hybridized carbons (Fsp3) is 0.286. The number of benzene rings is 1. The predicted octanol–water partition coefficient (Wildman–Crippen LogP) is 5.17. The van der Waals surface area contributed by atoms with Crippen LogP contribution in [-0.2, 0) is 6.42 Å². The van der Waals surface area contributed by atoms with E-state index in [-0.39, 0.29) is 0 Å². The Morgan fingerprint density at radius 2 is 1.83 bits per heavy atom. The zero-order chi connectivity index (χ0) is 13.0. The molecule has 2 rings (SSSR count).